The maximum Gasteiger partial charge on any atom is 0.323 e. The minimum Gasteiger partial charge on any atom is -0.489 e. The van der Waals surface area contributed by atoms with Crippen molar-refractivity contribution in [3.8, 4) is 5.75 Å². The molecule has 2 bridgehead atoms. The minimum atomic E-state index is -1.16. The van der Waals surface area contributed by atoms with Gasteiger partial charge in [-0.2, -0.15) is 0 Å². The third-order valence-corrected chi connectivity index (χ3v) is 11.5. The summed E-state index contributed by atoms with van der Waals surface area (Å²) in [6.45, 7) is -0.0904. The zero-order valence-electron chi connectivity index (χ0n) is 20.1. The Labute approximate surface area is 232 Å². The number of thiazole rings is 1. The summed E-state index contributed by atoms with van der Waals surface area (Å²) in [5.41, 5.74) is 2.20. The molecule has 2 N–H and O–H groups in total. The highest BCUT2D eigenvalue weighted by atomic mass is 32.2. The number of nitrogens with zero attached hydrogens (tertiary/aromatic N) is 1. The van der Waals surface area contributed by atoms with Gasteiger partial charge < -0.3 is 14.8 Å². The highest BCUT2D eigenvalue weighted by Crippen LogP contribution is 2.68. The predicted octanol–water partition coefficient (Wildman–Crippen LogP) is 4.94. The second-order valence-electron chi connectivity index (χ2n) is 10.5. The van der Waals surface area contributed by atoms with Crippen molar-refractivity contribution in [1.29, 1.82) is 0 Å². The summed E-state index contributed by atoms with van der Waals surface area (Å²) < 4.78 is 6.87. The zero-order valence-corrected chi connectivity index (χ0v) is 22.6. The van der Waals surface area contributed by atoms with Gasteiger partial charge in [-0.1, -0.05) is 42.5 Å². The number of aromatic nitrogens is 1. The van der Waals surface area contributed by atoms with E-state index in [9.17, 15) is 19.5 Å². The number of carboxylic acid groups (broad SMARTS) is 1. The van der Waals surface area contributed by atoms with Crippen molar-refractivity contribution in [3.05, 3.63) is 74.6 Å². The standard InChI is InChI=1S/C28H24N2O5S3/c31-18(32)11-30-26(33)21-16-10-17(22(21)27(30)34)23-20(16)19(24-25(37-23)29-28(36)38-24)14-7-4-8-15(9-14)35-12-13-5-2-1-3-6-13/h1-9,16-17,19-23H,10-12H2,(H,29,36)(H,31,32). The molecular weight excluding hydrogens is 541 g/mol. The monoisotopic (exact) mass is 564 g/mol. The number of likely N-dealkylation sites (tertiary alicyclic amines) is 1. The predicted molar refractivity (Wildman–Crippen MR) is 145 cm³/mol. The van der Waals surface area contributed by atoms with Crippen molar-refractivity contribution >= 4 is 53.1 Å². The number of carbonyl (C=O) groups excluding carboxylic acids is 2. The van der Waals surface area contributed by atoms with E-state index < -0.39 is 24.3 Å². The van der Waals surface area contributed by atoms with Gasteiger partial charge in [-0.3, -0.25) is 19.3 Å². The summed E-state index contributed by atoms with van der Waals surface area (Å²) in [4.78, 5) is 43.5. The van der Waals surface area contributed by atoms with E-state index in [2.05, 4.69) is 17.1 Å². The number of carbonyl (C=O) groups is 3. The van der Waals surface area contributed by atoms with Crippen LogP contribution in [0.15, 0.2) is 59.6 Å². The van der Waals surface area contributed by atoms with Crippen molar-refractivity contribution in [1.82, 2.24) is 9.88 Å². The topological polar surface area (TPSA) is 99.7 Å². The SMILES string of the molecule is O=C(O)CN1C(=O)C2C3CC(C2C1=O)C1C(c2cccc(OCc4ccccc4)c2)c2sc(=S)[nH]c2SC31. The van der Waals surface area contributed by atoms with E-state index >= 15 is 0 Å². The van der Waals surface area contributed by atoms with E-state index in [1.165, 1.54) is 4.88 Å². The first-order valence-electron chi connectivity index (χ1n) is 12.6. The Morgan fingerprint density at radius 3 is 2.61 bits per heavy atom. The van der Waals surface area contributed by atoms with Crippen LogP contribution in [0.5, 0.6) is 5.75 Å². The number of hydrogen-bond donors (Lipinski definition) is 2. The molecule has 3 fully saturated rings. The number of H-pyrrole nitrogens is 1. The Balaban J connectivity index is 1.25. The number of benzene rings is 2. The molecule has 1 aromatic heterocycles. The van der Waals surface area contributed by atoms with Crippen LogP contribution < -0.4 is 4.74 Å². The molecule has 3 aromatic rings. The van der Waals surface area contributed by atoms with Crippen LogP contribution in [-0.2, 0) is 21.0 Å². The van der Waals surface area contributed by atoms with Crippen LogP contribution in [0.3, 0.4) is 0 Å². The molecule has 0 radical (unpaired) electrons. The van der Waals surface area contributed by atoms with E-state index in [0.717, 1.165) is 37.2 Å². The van der Waals surface area contributed by atoms with Gasteiger partial charge in [0.25, 0.3) is 0 Å². The number of nitrogens with one attached hydrogen (secondary N) is 1. The summed E-state index contributed by atoms with van der Waals surface area (Å²) in [7, 11) is 0. The lowest BCUT2D eigenvalue weighted by atomic mass is 9.68. The van der Waals surface area contributed by atoms with Crippen molar-refractivity contribution in [2.24, 2.45) is 29.6 Å². The maximum absolute atomic E-state index is 13.4. The summed E-state index contributed by atoms with van der Waals surface area (Å²) in [6.07, 6.45) is 0.812. The quantitative estimate of drug-likeness (QED) is 0.323. The Morgan fingerprint density at radius 1 is 1.08 bits per heavy atom. The van der Waals surface area contributed by atoms with Gasteiger partial charge in [0.1, 0.15) is 18.9 Å². The Hall–Kier alpha value is -2.95. The van der Waals surface area contributed by atoms with Crippen molar-refractivity contribution in [2.75, 3.05) is 6.54 Å². The number of rotatable bonds is 6. The number of carboxylic acids is 1. The van der Waals surface area contributed by atoms with Crippen molar-refractivity contribution < 1.29 is 24.2 Å². The largest absolute Gasteiger partial charge is 0.489 e. The molecule has 38 heavy (non-hydrogen) atoms. The maximum atomic E-state index is 13.4. The van der Waals surface area contributed by atoms with Crippen molar-refractivity contribution in [3.63, 3.8) is 0 Å². The first-order valence-corrected chi connectivity index (χ1v) is 14.7. The van der Waals surface area contributed by atoms with Crippen molar-refractivity contribution in [2.45, 2.75) is 29.2 Å². The lowest BCUT2D eigenvalue weighted by molar-refractivity contribution is -0.149. The van der Waals surface area contributed by atoms with Gasteiger partial charge in [-0.15, -0.1) is 23.1 Å². The number of aromatic amines is 1. The van der Waals surface area contributed by atoms with Gasteiger partial charge in [-0.25, -0.2) is 0 Å². The average Bonchev–Trinajstić information content (AvgIpc) is 3.64. The molecule has 194 valence electrons. The first-order chi connectivity index (χ1) is 18.4. The molecule has 2 amide bonds. The van der Waals surface area contributed by atoms with Gasteiger partial charge >= 0.3 is 5.97 Å². The molecule has 4 aliphatic rings. The normalized spacial score (nSPS) is 30.7. The lowest BCUT2D eigenvalue weighted by Gasteiger charge is -2.43. The van der Waals surface area contributed by atoms with Crippen LogP contribution in [0, 0.1) is 33.5 Å². The number of amides is 2. The van der Waals surface area contributed by atoms with Gasteiger partial charge in [-0.05, 0) is 59.7 Å². The third kappa shape index (κ3) is 3.68. The molecule has 2 aromatic carbocycles. The summed E-state index contributed by atoms with van der Waals surface area (Å²) in [6, 6.07) is 18.2. The summed E-state index contributed by atoms with van der Waals surface area (Å²) >= 11 is 8.87. The molecular formula is C28H24N2O5S3. The molecule has 7 unspecified atom stereocenters. The molecule has 10 heteroatoms. The first kappa shape index (κ1) is 24.1. The molecule has 7 rings (SSSR count). The Morgan fingerprint density at radius 2 is 1.84 bits per heavy atom. The van der Waals surface area contributed by atoms with Crippen LogP contribution in [0.2, 0.25) is 0 Å². The number of fused-ring (bicyclic) bond motifs is 9. The molecule has 7 nitrogen and oxygen atoms in total. The van der Waals surface area contributed by atoms with E-state index in [1.54, 1.807) is 23.1 Å². The van der Waals surface area contributed by atoms with Gasteiger partial charge in [0.05, 0.1) is 16.9 Å². The van der Waals surface area contributed by atoms with Crippen LogP contribution in [0.1, 0.15) is 28.3 Å². The van der Waals surface area contributed by atoms with Crippen LogP contribution >= 0.6 is 35.3 Å². The number of aliphatic carboxylic acids is 1. The second-order valence-corrected chi connectivity index (χ2v) is 13.4. The highest BCUT2D eigenvalue weighted by Gasteiger charge is 2.69. The second kappa shape index (κ2) is 9.07. The number of imide groups is 1. The third-order valence-electron chi connectivity index (χ3n) is 8.57. The number of hydrogen-bond acceptors (Lipinski definition) is 7. The lowest BCUT2D eigenvalue weighted by Crippen LogP contribution is -2.42. The van der Waals surface area contributed by atoms with Crippen LogP contribution in [-0.4, -0.2) is 44.6 Å². The van der Waals surface area contributed by atoms with E-state index in [0.29, 0.717) is 6.61 Å². The van der Waals surface area contributed by atoms with Gasteiger partial charge in [0, 0.05) is 16.0 Å². The molecule has 2 aliphatic carbocycles. The number of thioether (sulfide) groups is 1. The summed E-state index contributed by atoms with van der Waals surface area (Å²) in [5.74, 6) is -1.67. The van der Waals surface area contributed by atoms with Crippen LogP contribution in [0.25, 0.3) is 0 Å². The molecule has 1 saturated heterocycles. The average molecular weight is 565 g/mol. The van der Waals surface area contributed by atoms with E-state index in [1.807, 2.05) is 42.5 Å². The van der Waals surface area contributed by atoms with E-state index in [-0.39, 0.29) is 40.7 Å². The summed E-state index contributed by atoms with van der Waals surface area (Å²) in [5, 5.41) is 10.5. The molecule has 7 atom stereocenters. The highest BCUT2D eigenvalue weighted by molar-refractivity contribution is 8.00. The minimum absolute atomic E-state index is 0.0143. The van der Waals surface area contributed by atoms with Crippen LogP contribution in [0.4, 0.5) is 0 Å². The molecule has 3 heterocycles. The fraction of sp³-hybridized carbons (Fsp3) is 0.357. The molecule has 2 aliphatic heterocycles. The van der Waals surface area contributed by atoms with Gasteiger partial charge in [0.15, 0.2) is 3.95 Å². The van der Waals surface area contributed by atoms with E-state index in [4.69, 9.17) is 17.0 Å². The fourth-order valence-corrected chi connectivity index (χ4v) is 10.6. The molecule has 0 spiro atoms. The smallest absolute Gasteiger partial charge is 0.323 e. The van der Waals surface area contributed by atoms with Gasteiger partial charge in [0.2, 0.25) is 11.8 Å². The number of ether oxygens (including phenoxy) is 1. The Bertz CT molecular complexity index is 1520. The Kier molecular flexibility index (Phi) is 5.75. The fourth-order valence-electron chi connectivity index (χ4n) is 7.28. The zero-order chi connectivity index (χ0) is 26.1. The molecule has 2 saturated carbocycles.